The van der Waals surface area contributed by atoms with E-state index < -0.39 is 11.6 Å². The maximum atomic E-state index is 14.5. The van der Waals surface area contributed by atoms with Gasteiger partial charge in [0.05, 0.1) is 27.9 Å². The fourth-order valence-corrected chi connectivity index (χ4v) is 5.76. The van der Waals surface area contributed by atoms with Crippen LogP contribution in [-0.4, -0.2) is 63.5 Å². The van der Waals surface area contributed by atoms with Gasteiger partial charge >= 0.3 is 0 Å². The van der Waals surface area contributed by atoms with Crippen LogP contribution in [0.1, 0.15) is 34.8 Å². The molecule has 0 aromatic heterocycles. The van der Waals surface area contributed by atoms with E-state index in [0.29, 0.717) is 60.5 Å². The number of hydrogen-bond acceptors (Lipinski definition) is 9. The van der Waals surface area contributed by atoms with Gasteiger partial charge in [-0.1, -0.05) is 46.3 Å². The van der Waals surface area contributed by atoms with E-state index in [4.69, 9.17) is 33.8 Å². The standard InChI is InChI=1S/C37H40BrN3O7/c1-44-31-7-4-6-28(23-31)34-37(24-26-8-13-29(38)14-9-26,40-35(48-34)27-11-15-30(16-12-27)47-21-5-20-42)36(43)41-39-19-18-25-10-17-32(45-2)33(22-25)46-3/h4,6-17,22-23,34,39,42H,5,18-21,24H2,1-3H3,(H,41,43)/t34-,37-/m0/s1. The molecule has 1 heterocycles. The molecule has 5 rings (SSSR count). The molecule has 1 aliphatic rings. The zero-order valence-electron chi connectivity index (χ0n) is 27.2. The molecule has 0 saturated carbocycles. The van der Waals surface area contributed by atoms with Crippen LogP contribution in [0.3, 0.4) is 0 Å². The van der Waals surface area contributed by atoms with E-state index in [-0.39, 0.29) is 18.9 Å². The fourth-order valence-electron chi connectivity index (χ4n) is 5.49. The number of ether oxygens (including phenoxy) is 5. The third kappa shape index (κ3) is 8.28. The van der Waals surface area contributed by atoms with Crippen molar-refractivity contribution >= 4 is 27.7 Å². The molecular formula is C37H40BrN3O7. The minimum atomic E-state index is -1.39. The first-order valence-corrected chi connectivity index (χ1v) is 16.4. The first kappa shape index (κ1) is 34.7. The molecule has 4 aromatic carbocycles. The average molecular weight is 719 g/mol. The maximum Gasteiger partial charge on any atom is 0.266 e. The second-order valence-electron chi connectivity index (χ2n) is 11.2. The molecule has 252 valence electrons. The van der Waals surface area contributed by atoms with Gasteiger partial charge in [0.1, 0.15) is 11.5 Å². The van der Waals surface area contributed by atoms with Crippen LogP contribution < -0.4 is 29.8 Å². The number of aliphatic hydroxyl groups excluding tert-OH is 1. The Morgan fingerprint density at radius 1 is 0.896 bits per heavy atom. The lowest BCUT2D eigenvalue weighted by molar-refractivity contribution is -0.130. The summed E-state index contributed by atoms with van der Waals surface area (Å²) in [6, 6.07) is 28.4. The van der Waals surface area contributed by atoms with Crippen LogP contribution in [0.15, 0.2) is 100 Å². The first-order valence-electron chi connectivity index (χ1n) is 15.6. The van der Waals surface area contributed by atoms with Crippen LogP contribution in [0.5, 0.6) is 23.0 Å². The number of aliphatic hydroxyl groups is 1. The van der Waals surface area contributed by atoms with Gasteiger partial charge in [0, 0.05) is 36.0 Å². The molecule has 0 unspecified atom stereocenters. The topological polar surface area (TPSA) is 120 Å². The minimum absolute atomic E-state index is 0.0575. The van der Waals surface area contributed by atoms with E-state index in [1.165, 1.54) is 0 Å². The lowest BCUT2D eigenvalue weighted by Gasteiger charge is -2.31. The summed E-state index contributed by atoms with van der Waals surface area (Å²) < 4.78 is 29.6. The van der Waals surface area contributed by atoms with Crippen molar-refractivity contribution in [3.8, 4) is 23.0 Å². The zero-order valence-corrected chi connectivity index (χ0v) is 28.8. The molecule has 0 spiro atoms. The summed E-state index contributed by atoms with van der Waals surface area (Å²) in [5, 5.41) is 9.09. The first-order chi connectivity index (χ1) is 23.4. The normalized spacial score (nSPS) is 16.9. The fraction of sp³-hybridized carbons (Fsp3) is 0.297. The summed E-state index contributed by atoms with van der Waals surface area (Å²) in [6.45, 7) is 0.914. The Morgan fingerprint density at radius 3 is 2.35 bits per heavy atom. The van der Waals surface area contributed by atoms with E-state index in [0.717, 1.165) is 21.2 Å². The van der Waals surface area contributed by atoms with Crippen molar-refractivity contribution in [3.63, 3.8) is 0 Å². The molecule has 2 atom stereocenters. The van der Waals surface area contributed by atoms with Crippen molar-refractivity contribution < 1.29 is 33.6 Å². The number of benzene rings is 4. The summed E-state index contributed by atoms with van der Waals surface area (Å²) in [4.78, 5) is 19.6. The van der Waals surface area contributed by atoms with Gasteiger partial charge in [-0.2, -0.15) is 0 Å². The van der Waals surface area contributed by atoms with Crippen LogP contribution in [0.25, 0.3) is 0 Å². The summed E-state index contributed by atoms with van der Waals surface area (Å²) in [5.74, 6) is 2.59. The van der Waals surface area contributed by atoms with Crippen LogP contribution in [0, 0.1) is 0 Å². The number of nitrogens with zero attached hydrogens (tertiary/aromatic N) is 1. The predicted octanol–water partition coefficient (Wildman–Crippen LogP) is 5.60. The molecule has 3 N–H and O–H groups in total. The van der Waals surface area contributed by atoms with Gasteiger partial charge in [-0.15, -0.1) is 0 Å². The Morgan fingerprint density at radius 2 is 1.65 bits per heavy atom. The van der Waals surface area contributed by atoms with Crippen LogP contribution in [0.2, 0.25) is 0 Å². The van der Waals surface area contributed by atoms with E-state index in [1.807, 2.05) is 91.0 Å². The van der Waals surface area contributed by atoms with Gasteiger partial charge in [-0.05, 0) is 83.8 Å². The summed E-state index contributed by atoms with van der Waals surface area (Å²) in [5.41, 5.74) is 8.04. The number of amides is 1. The Bertz CT molecular complexity index is 1700. The van der Waals surface area contributed by atoms with Gasteiger partial charge in [0.15, 0.2) is 23.1 Å². The molecule has 0 bridgehead atoms. The lowest BCUT2D eigenvalue weighted by Crippen LogP contribution is -2.54. The molecule has 0 saturated heterocycles. The summed E-state index contributed by atoms with van der Waals surface area (Å²) in [7, 11) is 4.80. The Balaban J connectivity index is 1.46. The monoisotopic (exact) mass is 717 g/mol. The smallest absolute Gasteiger partial charge is 0.266 e. The highest BCUT2D eigenvalue weighted by atomic mass is 79.9. The number of carbonyl (C=O) groups is 1. The van der Waals surface area contributed by atoms with Gasteiger partial charge in [-0.25, -0.2) is 10.4 Å². The minimum Gasteiger partial charge on any atom is -0.497 e. The zero-order chi connectivity index (χ0) is 33.9. The number of carbonyl (C=O) groups excluding carboxylic acids is 1. The van der Waals surface area contributed by atoms with E-state index in [1.54, 1.807) is 21.3 Å². The molecular weight excluding hydrogens is 678 g/mol. The highest BCUT2D eigenvalue weighted by Crippen LogP contribution is 2.43. The molecule has 10 nitrogen and oxygen atoms in total. The molecule has 4 aromatic rings. The van der Waals surface area contributed by atoms with Crippen LogP contribution in [0.4, 0.5) is 0 Å². The number of halogens is 1. The SMILES string of the molecule is COc1cccc([C@@H]2OC(c3ccc(OCCCO)cc3)=N[C@]2(Cc2ccc(Br)cc2)C(=O)NNCCc2ccc(OC)c(OC)c2)c1. The van der Waals surface area contributed by atoms with E-state index in [9.17, 15) is 4.79 Å². The van der Waals surface area contributed by atoms with Gasteiger partial charge < -0.3 is 28.8 Å². The number of aliphatic imine (C=N–C) groups is 1. The maximum absolute atomic E-state index is 14.5. The number of hydrogen-bond donors (Lipinski definition) is 3. The third-order valence-corrected chi connectivity index (χ3v) is 8.53. The van der Waals surface area contributed by atoms with Gasteiger partial charge in [0.2, 0.25) is 5.90 Å². The molecule has 0 fully saturated rings. The quantitative estimate of drug-likeness (QED) is 0.101. The lowest BCUT2D eigenvalue weighted by atomic mass is 9.82. The van der Waals surface area contributed by atoms with E-state index in [2.05, 4.69) is 26.8 Å². The molecule has 1 amide bonds. The van der Waals surface area contributed by atoms with Crippen molar-refractivity contribution in [3.05, 3.63) is 118 Å². The summed E-state index contributed by atoms with van der Waals surface area (Å²) in [6.07, 6.45) is 0.643. The van der Waals surface area contributed by atoms with Crippen molar-refractivity contribution in [1.29, 1.82) is 0 Å². The molecule has 48 heavy (non-hydrogen) atoms. The van der Waals surface area contributed by atoms with Crippen molar-refractivity contribution in [2.45, 2.75) is 30.9 Å². The predicted molar refractivity (Wildman–Crippen MR) is 187 cm³/mol. The Labute approximate surface area is 289 Å². The highest BCUT2D eigenvalue weighted by molar-refractivity contribution is 9.10. The second kappa shape index (κ2) is 16.5. The molecule has 11 heteroatoms. The van der Waals surface area contributed by atoms with Crippen molar-refractivity contribution in [2.75, 3.05) is 41.1 Å². The largest absolute Gasteiger partial charge is 0.497 e. The Hall–Kier alpha value is -4.58. The number of nitrogens with one attached hydrogen (secondary N) is 2. The third-order valence-electron chi connectivity index (χ3n) is 8.00. The number of methoxy groups -OCH3 is 3. The highest BCUT2D eigenvalue weighted by Gasteiger charge is 2.53. The average Bonchev–Trinajstić information content (AvgIpc) is 3.51. The second-order valence-corrected chi connectivity index (χ2v) is 12.1. The summed E-state index contributed by atoms with van der Waals surface area (Å²) >= 11 is 3.52. The van der Waals surface area contributed by atoms with Gasteiger partial charge in [0.25, 0.3) is 5.91 Å². The van der Waals surface area contributed by atoms with E-state index >= 15 is 0 Å². The van der Waals surface area contributed by atoms with Gasteiger partial charge in [-0.3, -0.25) is 10.2 Å². The molecule has 1 aliphatic heterocycles. The molecule has 0 aliphatic carbocycles. The Kier molecular flexibility index (Phi) is 11.9. The number of hydrazine groups is 1. The van der Waals surface area contributed by atoms with Crippen molar-refractivity contribution in [1.82, 2.24) is 10.9 Å². The molecule has 0 radical (unpaired) electrons. The van der Waals surface area contributed by atoms with Crippen LogP contribution in [-0.2, 0) is 22.4 Å². The number of rotatable bonds is 16. The van der Waals surface area contributed by atoms with Crippen molar-refractivity contribution in [2.24, 2.45) is 4.99 Å². The van der Waals surface area contributed by atoms with Crippen LogP contribution >= 0.6 is 15.9 Å².